The van der Waals surface area contributed by atoms with Gasteiger partial charge in [-0.2, -0.15) is 0 Å². The van der Waals surface area contributed by atoms with Crippen molar-refractivity contribution in [2.45, 2.75) is 25.3 Å². The third-order valence-corrected chi connectivity index (χ3v) is 2.81. The summed E-state index contributed by atoms with van der Waals surface area (Å²) in [6, 6.07) is 4.52. The molecule has 1 aromatic rings. The highest BCUT2D eigenvalue weighted by atomic mass is 19.1. The minimum atomic E-state index is -1.26. The summed E-state index contributed by atoms with van der Waals surface area (Å²) in [6.07, 6.45) is -0.493. The molecule has 114 valence electrons. The lowest BCUT2D eigenvalue weighted by Gasteiger charge is -2.14. The summed E-state index contributed by atoms with van der Waals surface area (Å²) < 4.78 is 17.8. The highest BCUT2D eigenvalue weighted by molar-refractivity contribution is 5.85. The molecule has 1 rings (SSSR count). The molecule has 2 N–H and O–H groups in total. The van der Waals surface area contributed by atoms with Gasteiger partial charge in [-0.3, -0.25) is 9.59 Å². The molecule has 0 bridgehead atoms. The van der Waals surface area contributed by atoms with E-state index in [2.05, 4.69) is 10.1 Å². The number of carboxylic acid groups (broad SMARTS) is 1. The number of methoxy groups -OCH3 is 1. The molecule has 0 heterocycles. The fourth-order valence-corrected chi connectivity index (χ4v) is 1.68. The fraction of sp³-hybridized carbons (Fsp3) is 0.357. The number of hydrogen-bond acceptors (Lipinski definition) is 4. The second-order valence-electron chi connectivity index (χ2n) is 4.34. The smallest absolute Gasteiger partial charge is 0.326 e. The number of carbonyl (C=O) groups excluding carboxylic acids is 2. The molecule has 0 radical (unpaired) electrons. The largest absolute Gasteiger partial charge is 0.480 e. The third-order valence-electron chi connectivity index (χ3n) is 2.81. The lowest BCUT2D eigenvalue weighted by atomic mass is 10.1. The quantitative estimate of drug-likeness (QED) is 0.729. The van der Waals surface area contributed by atoms with Crippen LogP contribution in [0.1, 0.15) is 18.4 Å². The van der Waals surface area contributed by atoms with Crippen LogP contribution in [0.2, 0.25) is 0 Å². The molecule has 0 spiro atoms. The summed E-state index contributed by atoms with van der Waals surface area (Å²) in [7, 11) is 1.19. The van der Waals surface area contributed by atoms with Gasteiger partial charge in [0.1, 0.15) is 11.9 Å². The van der Waals surface area contributed by atoms with Gasteiger partial charge in [0.2, 0.25) is 5.91 Å². The van der Waals surface area contributed by atoms with Gasteiger partial charge in [-0.1, -0.05) is 18.2 Å². The van der Waals surface area contributed by atoms with Crippen molar-refractivity contribution in [1.82, 2.24) is 5.32 Å². The molecule has 0 saturated carbocycles. The second-order valence-corrected chi connectivity index (χ2v) is 4.34. The standard InChI is InChI=1S/C14H16FNO5/c1-21-13(18)7-6-11(14(19)20)16-12(17)8-9-4-2-3-5-10(9)15/h2-5,11H,6-8H2,1H3,(H,16,17)(H,19,20)/t11-/m0/s1. The SMILES string of the molecule is COC(=O)CC[C@H](NC(=O)Cc1ccccc1F)C(=O)O. The van der Waals surface area contributed by atoms with Crippen molar-refractivity contribution in [3.05, 3.63) is 35.6 Å². The molecule has 6 nitrogen and oxygen atoms in total. The highest BCUT2D eigenvalue weighted by Crippen LogP contribution is 2.07. The van der Waals surface area contributed by atoms with E-state index < -0.39 is 29.7 Å². The van der Waals surface area contributed by atoms with Crippen molar-refractivity contribution in [2.24, 2.45) is 0 Å². The summed E-state index contributed by atoms with van der Waals surface area (Å²) in [6.45, 7) is 0. The van der Waals surface area contributed by atoms with Gasteiger partial charge in [-0.25, -0.2) is 9.18 Å². The van der Waals surface area contributed by atoms with Gasteiger partial charge in [0, 0.05) is 6.42 Å². The Balaban J connectivity index is 2.58. The van der Waals surface area contributed by atoms with Crippen molar-refractivity contribution < 1.29 is 28.6 Å². The number of esters is 1. The van der Waals surface area contributed by atoms with Crippen molar-refractivity contribution in [2.75, 3.05) is 7.11 Å². The Hall–Kier alpha value is -2.44. The average molecular weight is 297 g/mol. The number of rotatable bonds is 7. The maximum Gasteiger partial charge on any atom is 0.326 e. The number of benzene rings is 1. The predicted octanol–water partition coefficient (Wildman–Crippen LogP) is 0.891. The Labute approximate surface area is 120 Å². The van der Waals surface area contributed by atoms with Crippen LogP contribution in [0.25, 0.3) is 0 Å². The molecule has 0 aliphatic carbocycles. The summed E-state index contributed by atoms with van der Waals surface area (Å²) in [5.41, 5.74) is 0.173. The van der Waals surface area contributed by atoms with Crippen molar-refractivity contribution in [3.8, 4) is 0 Å². The van der Waals surface area contributed by atoms with Crippen LogP contribution in [-0.2, 0) is 25.5 Å². The number of halogens is 1. The van der Waals surface area contributed by atoms with Crippen molar-refractivity contribution in [3.63, 3.8) is 0 Å². The van der Waals surface area contributed by atoms with E-state index >= 15 is 0 Å². The van der Waals surface area contributed by atoms with Gasteiger partial charge in [0.15, 0.2) is 0 Å². The Morgan fingerprint density at radius 3 is 2.57 bits per heavy atom. The van der Waals surface area contributed by atoms with Gasteiger partial charge in [-0.05, 0) is 18.1 Å². The van der Waals surface area contributed by atoms with Crippen LogP contribution in [0.15, 0.2) is 24.3 Å². The highest BCUT2D eigenvalue weighted by Gasteiger charge is 2.21. The first-order valence-corrected chi connectivity index (χ1v) is 6.26. The number of carboxylic acids is 1. The molecule has 1 aromatic carbocycles. The molecule has 0 aliphatic rings. The zero-order valence-electron chi connectivity index (χ0n) is 11.5. The number of hydrogen-bond donors (Lipinski definition) is 2. The van der Waals surface area contributed by atoms with Crippen LogP contribution in [-0.4, -0.2) is 36.1 Å². The Bertz CT molecular complexity index is 532. The predicted molar refractivity (Wildman–Crippen MR) is 70.9 cm³/mol. The number of nitrogens with one attached hydrogen (secondary N) is 1. The first-order valence-electron chi connectivity index (χ1n) is 6.26. The molecule has 1 atom stereocenters. The average Bonchev–Trinajstić information content (AvgIpc) is 2.45. The zero-order valence-corrected chi connectivity index (χ0v) is 11.5. The van der Waals surface area contributed by atoms with E-state index in [1.54, 1.807) is 6.07 Å². The summed E-state index contributed by atoms with van der Waals surface area (Å²) in [5, 5.41) is 11.2. The van der Waals surface area contributed by atoms with Gasteiger partial charge in [0.05, 0.1) is 13.5 Å². The third kappa shape index (κ3) is 5.60. The second kappa shape index (κ2) is 7.98. The first kappa shape index (κ1) is 16.6. The van der Waals surface area contributed by atoms with E-state index in [0.29, 0.717) is 0 Å². The summed E-state index contributed by atoms with van der Waals surface area (Å²) in [4.78, 5) is 33.7. The van der Waals surface area contributed by atoms with Crippen LogP contribution < -0.4 is 5.32 Å². The molecule has 7 heteroatoms. The molecule has 1 amide bonds. The molecule has 21 heavy (non-hydrogen) atoms. The Kier molecular flexibility index (Phi) is 6.32. The number of carbonyl (C=O) groups is 3. The first-order chi connectivity index (χ1) is 9.93. The maximum atomic E-state index is 13.4. The van der Waals surface area contributed by atoms with Crippen LogP contribution in [0.4, 0.5) is 4.39 Å². The lowest BCUT2D eigenvalue weighted by Crippen LogP contribution is -2.41. The number of amides is 1. The van der Waals surface area contributed by atoms with E-state index in [-0.39, 0.29) is 24.8 Å². The molecular formula is C14H16FNO5. The normalized spacial score (nSPS) is 11.5. The Morgan fingerprint density at radius 1 is 1.33 bits per heavy atom. The molecule has 0 aliphatic heterocycles. The lowest BCUT2D eigenvalue weighted by molar-refractivity contribution is -0.144. The molecule has 0 unspecified atom stereocenters. The van der Waals surface area contributed by atoms with Crippen LogP contribution in [0.3, 0.4) is 0 Å². The van der Waals surface area contributed by atoms with E-state index in [9.17, 15) is 18.8 Å². The van der Waals surface area contributed by atoms with Crippen LogP contribution >= 0.6 is 0 Å². The van der Waals surface area contributed by atoms with E-state index in [4.69, 9.17) is 5.11 Å². The number of ether oxygens (including phenoxy) is 1. The van der Waals surface area contributed by atoms with E-state index in [0.717, 1.165) is 0 Å². The minimum absolute atomic E-state index is 0.0922. The summed E-state index contributed by atoms with van der Waals surface area (Å²) >= 11 is 0. The van der Waals surface area contributed by atoms with Crippen molar-refractivity contribution in [1.29, 1.82) is 0 Å². The summed E-state index contributed by atoms with van der Waals surface area (Å²) in [5.74, 6) is -2.99. The molecule has 0 aromatic heterocycles. The topological polar surface area (TPSA) is 92.7 Å². The van der Waals surface area contributed by atoms with E-state index in [1.165, 1.54) is 25.3 Å². The van der Waals surface area contributed by atoms with Gasteiger partial charge in [0.25, 0.3) is 0 Å². The Morgan fingerprint density at radius 2 is 2.00 bits per heavy atom. The monoisotopic (exact) mass is 297 g/mol. The van der Waals surface area contributed by atoms with Crippen LogP contribution in [0, 0.1) is 5.82 Å². The van der Waals surface area contributed by atoms with Crippen LogP contribution in [0.5, 0.6) is 0 Å². The molecule has 0 fully saturated rings. The fourth-order valence-electron chi connectivity index (χ4n) is 1.68. The maximum absolute atomic E-state index is 13.4. The molecule has 0 saturated heterocycles. The minimum Gasteiger partial charge on any atom is -0.480 e. The van der Waals surface area contributed by atoms with Gasteiger partial charge >= 0.3 is 11.9 Å². The molecular weight excluding hydrogens is 281 g/mol. The van der Waals surface area contributed by atoms with Crippen molar-refractivity contribution >= 4 is 17.8 Å². The van der Waals surface area contributed by atoms with Gasteiger partial charge < -0.3 is 15.2 Å². The van der Waals surface area contributed by atoms with E-state index in [1.807, 2.05) is 0 Å². The van der Waals surface area contributed by atoms with Gasteiger partial charge in [-0.15, -0.1) is 0 Å². The zero-order chi connectivity index (χ0) is 15.8. The number of aliphatic carboxylic acids is 1.